The van der Waals surface area contributed by atoms with Gasteiger partial charge in [-0.2, -0.15) is 0 Å². The van der Waals surface area contributed by atoms with Crippen molar-refractivity contribution >= 4 is 63.3 Å². The molecule has 3 aliphatic heterocycles. The summed E-state index contributed by atoms with van der Waals surface area (Å²) in [5.41, 5.74) is 1.28. The molecule has 0 bridgehead atoms. The van der Waals surface area contributed by atoms with E-state index in [1.807, 2.05) is 36.4 Å². The van der Waals surface area contributed by atoms with Gasteiger partial charge in [-0.25, -0.2) is 0 Å². The molecular formula is C32H41Cl2IN4O3. The first-order chi connectivity index (χ1) is 19.9. The van der Waals surface area contributed by atoms with Gasteiger partial charge in [-0.05, 0) is 115 Å². The molecule has 0 saturated carbocycles. The van der Waals surface area contributed by atoms with Crippen molar-refractivity contribution in [1.29, 1.82) is 0 Å². The molecule has 0 aliphatic carbocycles. The number of amides is 2. The Labute approximate surface area is 272 Å². The number of likely N-dealkylation sites (tertiary alicyclic amines) is 1. The predicted molar refractivity (Wildman–Crippen MR) is 177 cm³/mol. The molecule has 3 aliphatic rings. The molecule has 1 spiro atoms. The minimum atomic E-state index is -1.03. The highest BCUT2D eigenvalue weighted by atomic mass is 127. The Kier molecular flexibility index (Phi) is 9.82. The van der Waals surface area contributed by atoms with Gasteiger partial charge >= 0.3 is 0 Å². The van der Waals surface area contributed by atoms with Crippen molar-refractivity contribution < 1.29 is 14.7 Å². The normalized spacial score (nSPS) is 26.5. The third kappa shape index (κ3) is 6.35. The molecular weight excluding hydrogens is 686 g/mol. The highest BCUT2D eigenvalue weighted by Gasteiger charge is 2.65. The van der Waals surface area contributed by atoms with Crippen molar-refractivity contribution in [3.8, 4) is 0 Å². The molecule has 228 valence electrons. The second-order valence-electron chi connectivity index (χ2n) is 13.2. The molecule has 2 saturated heterocycles. The van der Waals surface area contributed by atoms with Gasteiger partial charge in [0.15, 0.2) is 0 Å². The third-order valence-corrected chi connectivity index (χ3v) is 10.9. The molecule has 2 amide bonds. The maximum atomic E-state index is 14.3. The first-order valence-corrected chi connectivity index (χ1v) is 16.7. The molecule has 0 unspecified atom stereocenters. The van der Waals surface area contributed by atoms with Crippen LogP contribution in [0, 0.1) is 14.9 Å². The minimum absolute atomic E-state index is 0.110. The number of carbonyl (C=O) groups is 2. The summed E-state index contributed by atoms with van der Waals surface area (Å²) in [4.78, 5) is 30.7. The molecule has 3 heterocycles. The molecule has 4 N–H and O–H groups in total. The van der Waals surface area contributed by atoms with Crippen LogP contribution in [0.4, 0.5) is 5.69 Å². The quantitative estimate of drug-likeness (QED) is 0.211. The third-order valence-electron chi connectivity index (χ3n) is 9.11. The lowest BCUT2D eigenvalue weighted by Gasteiger charge is -2.37. The van der Waals surface area contributed by atoms with Crippen LogP contribution in [0.15, 0.2) is 36.4 Å². The highest BCUT2D eigenvalue weighted by Crippen LogP contribution is 2.57. The van der Waals surface area contributed by atoms with Gasteiger partial charge < -0.3 is 26.0 Å². The van der Waals surface area contributed by atoms with Gasteiger partial charge in [-0.3, -0.25) is 9.59 Å². The lowest BCUT2D eigenvalue weighted by atomic mass is 9.62. The summed E-state index contributed by atoms with van der Waals surface area (Å²) in [7, 11) is 0. The molecule has 5 rings (SSSR count). The Morgan fingerprint density at radius 2 is 1.93 bits per heavy atom. The summed E-state index contributed by atoms with van der Waals surface area (Å²) in [6.45, 7) is 10.2. The number of aliphatic hydroxyl groups is 1. The number of nitrogens with one attached hydrogen (secondary N) is 3. The largest absolute Gasteiger partial charge is 0.396 e. The molecule has 0 radical (unpaired) electrons. The summed E-state index contributed by atoms with van der Waals surface area (Å²) in [6, 6.07) is 10.5. The van der Waals surface area contributed by atoms with Crippen LogP contribution in [-0.2, 0) is 15.0 Å². The standard InChI is InChI=1S/C32H41Cl2IN4O3/c1-31(2,3)17-26-32(22-15-24(35)23(34)16-25(22)37-30(32)42)27(20-6-4-7-21(33)14-20)28(38-26)29(41)36-10-5-11-39-12-8-19(18-40)9-13-39/h4,6-7,14-16,19,26-28,38,40H,5,8-13,17-18H2,1-3H3,(H,36,41)(H,37,42)/t26-,27+,28-,32+/m1/s1. The first-order valence-electron chi connectivity index (χ1n) is 14.9. The monoisotopic (exact) mass is 726 g/mol. The molecule has 2 aromatic rings. The zero-order valence-corrected chi connectivity index (χ0v) is 28.2. The van der Waals surface area contributed by atoms with Gasteiger partial charge in [0, 0.05) is 39.4 Å². The van der Waals surface area contributed by atoms with Crippen molar-refractivity contribution in [2.45, 2.75) is 69.9 Å². The molecule has 10 heteroatoms. The smallest absolute Gasteiger partial charge is 0.237 e. The Balaban J connectivity index is 1.46. The zero-order chi connectivity index (χ0) is 30.2. The Morgan fingerprint density at radius 3 is 2.60 bits per heavy atom. The van der Waals surface area contributed by atoms with Gasteiger partial charge in [0.2, 0.25) is 11.8 Å². The van der Waals surface area contributed by atoms with Crippen LogP contribution < -0.4 is 16.0 Å². The van der Waals surface area contributed by atoms with Gasteiger partial charge in [-0.1, -0.05) is 56.1 Å². The number of aliphatic hydroxyl groups excluding tert-OH is 1. The summed E-state index contributed by atoms with van der Waals surface area (Å²) in [5, 5.41) is 20.6. The lowest BCUT2D eigenvalue weighted by Crippen LogP contribution is -2.49. The maximum absolute atomic E-state index is 14.3. The zero-order valence-electron chi connectivity index (χ0n) is 24.5. The van der Waals surface area contributed by atoms with E-state index in [-0.39, 0.29) is 29.9 Å². The van der Waals surface area contributed by atoms with E-state index in [1.54, 1.807) is 0 Å². The van der Waals surface area contributed by atoms with Crippen molar-refractivity contribution in [2.24, 2.45) is 11.3 Å². The second kappa shape index (κ2) is 12.9. The molecule has 42 heavy (non-hydrogen) atoms. The summed E-state index contributed by atoms with van der Waals surface area (Å²) in [6.07, 6.45) is 3.55. The van der Waals surface area contributed by atoms with E-state index in [0.29, 0.717) is 34.6 Å². The van der Waals surface area contributed by atoms with E-state index in [9.17, 15) is 14.7 Å². The van der Waals surface area contributed by atoms with Gasteiger partial charge in [-0.15, -0.1) is 0 Å². The van der Waals surface area contributed by atoms with E-state index in [0.717, 1.165) is 53.6 Å². The number of anilines is 1. The molecule has 7 nitrogen and oxygen atoms in total. The highest BCUT2D eigenvalue weighted by molar-refractivity contribution is 14.1. The van der Waals surface area contributed by atoms with Crippen molar-refractivity contribution in [2.75, 3.05) is 38.1 Å². The number of piperidine rings is 1. The van der Waals surface area contributed by atoms with Crippen LogP contribution in [0.2, 0.25) is 10.0 Å². The summed E-state index contributed by atoms with van der Waals surface area (Å²) < 4.78 is 0.860. The van der Waals surface area contributed by atoms with E-state index < -0.39 is 17.4 Å². The van der Waals surface area contributed by atoms with E-state index in [1.165, 1.54) is 0 Å². The molecule has 2 fully saturated rings. The fraction of sp³-hybridized carbons (Fsp3) is 0.562. The van der Waals surface area contributed by atoms with Gasteiger partial charge in [0.1, 0.15) is 5.41 Å². The van der Waals surface area contributed by atoms with Gasteiger partial charge in [0.25, 0.3) is 0 Å². The number of carbonyl (C=O) groups excluding carboxylic acids is 2. The fourth-order valence-electron chi connectivity index (χ4n) is 7.15. The fourth-order valence-corrected chi connectivity index (χ4v) is 7.98. The van der Waals surface area contributed by atoms with Crippen LogP contribution in [-0.4, -0.2) is 66.7 Å². The SMILES string of the molecule is CC(C)(C)C[C@H]1N[C@@H](C(=O)NCCCN2CCC(CO)CC2)[C@H](c2cccc(Cl)c2)[C@@]12C(=O)Nc1cc(Cl)c(I)cc12. The van der Waals surface area contributed by atoms with Crippen LogP contribution in [0.25, 0.3) is 0 Å². The molecule has 4 atom stereocenters. The number of hydrogen-bond donors (Lipinski definition) is 4. The maximum Gasteiger partial charge on any atom is 0.237 e. The predicted octanol–water partition coefficient (Wildman–Crippen LogP) is 5.56. The number of fused-ring (bicyclic) bond motifs is 2. The van der Waals surface area contributed by atoms with Crippen molar-refractivity contribution in [1.82, 2.24) is 15.5 Å². The van der Waals surface area contributed by atoms with Crippen LogP contribution in [0.1, 0.15) is 63.5 Å². The van der Waals surface area contributed by atoms with Gasteiger partial charge in [0.05, 0.1) is 11.1 Å². The molecule has 0 aromatic heterocycles. The van der Waals surface area contributed by atoms with Crippen molar-refractivity contribution in [3.05, 3.63) is 61.1 Å². The van der Waals surface area contributed by atoms with Crippen LogP contribution >= 0.6 is 45.8 Å². The number of hydrogen-bond acceptors (Lipinski definition) is 5. The Bertz CT molecular complexity index is 1330. The first kappa shape index (κ1) is 32.0. The number of halogens is 3. The summed E-state index contributed by atoms with van der Waals surface area (Å²) in [5.74, 6) is -0.314. The Morgan fingerprint density at radius 1 is 1.19 bits per heavy atom. The van der Waals surface area contributed by atoms with Crippen molar-refractivity contribution in [3.63, 3.8) is 0 Å². The van der Waals surface area contributed by atoms with E-state index in [4.69, 9.17) is 23.2 Å². The van der Waals surface area contributed by atoms with Crippen LogP contribution in [0.5, 0.6) is 0 Å². The average molecular weight is 728 g/mol. The number of nitrogens with zero attached hydrogens (tertiary/aromatic N) is 1. The summed E-state index contributed by atoms with van der Waals surface area (Å²) >= 11 is 15.2. The average Bonchev–Trinajstić information content (AvgIpc) is 3.41. The Hall–Kier alpha value is -1.43. The minimum Gasteiger partial charge on any atom is -0.396 e. The second-order valence-corrected chi connectivity index (χ2v) is 15.2. The van der Waals surface area contributed by atoms with E-state index in [2.05, 4.69) is 64.2 Å². The number of benzene rings is 2. The van der Waals surface area contributed by atoms with Crippen LogP contribution in [0.3, 0.4) is 0 Å². The number of rotatable bonds is 8. The van der Waals surface area contributed by atoms with E-state index >= 15 is 0 Å². The molecule has 2 aromatic carbocycles. The lowest BCUT2D eigenvalue weighted by molar-refractivity contribution is -0.123. The topological polar surface area (TPSA) is 93.7 Å².